The van der Waals surface area contributed by atoms with Gasteiger partial charge >= 0.3 is 0 Å². The van der Waals surface area contributed by atoms with Crippen LogP contribution in [0.25, 0.3) is 0 Å². The molecular weight excluding hydrogens is 262 g/mol. The van der Waals surface area contributed by atoms with Gasteiger partial charge in [-0.15, -0.1) is 0 Å². The molecule has 3 heteroatoms. The van der Waals surface area contributed by atoms with Crippen molar-refractivity contribution in [3.05, 3.63) is 53.6 Å². The molecule has 110 valence electrons. The molecule has 0 aliphatic carbocycles. The van der Waals surface area contributed by atoms with Crippen LogP contribution in [0.3, 0.4) is 0 Å². The molecule has 0 bridgehead atoms. The minimum atomic E-state index is 0.147. The summed E-state index contributed by atoms with van der Waals surface area (Å²) in [6, 6.07) is 14.5. The molecule has 2 aromatic rings. The molecular formula is C18H21NO2. The molecule has 0 radical (unpaired) electrons. The highest BCUT2D eigenvalue weighted by Gasteiger charge is 2.18. The number of nitrogens with one attached hydrogen (secondary N) is 1. The van der Waals surface area contributed by atoms with Crippen LogP contribution >= 0.6 is 0 Å². The van der Waals surface area contributed by atoms with Crippen molar-refractivity contribution in [3.63, 3.8) is 0 Å². The molecule has 1 unspecified atom stereocenters. The fraction of sp³-hybridized carbons (Fsp3) is 0.333. The van der Waals surface area contributed by atoms with Crippen LogP contribution in [-0.4, -0.2) is 19.8 Å². The topological polar surface area (TPSA) is 30.5 Å². The minimum absolute atomic E-state index is 0.147. The first-order valence-electron chi connectivity index (χ1n) is 7.39. The first-order valence-corrected chi connectivity index (χ1v) is 7.39. The summed E-state index contributed by atoms with van der Waals surface area (Å²) < 4.78 is 11.6. The fourth-order valence-corrected chi connectivity index (χ4v) is 2.71. The maximum Gasteiger partial charge on any atom is 0.161 e. The molecule has 1 aliphatic heterocycles. The van der Waals surface area contributed by atoms with Crippen LogP contribution in [0.5, 0.6) is 11.5 Å². The van der Waals surface area contributed by atoms with Crippen molar-refractivity contribution in [1.82, 2.24) is 0 Å². The molecule has 21 heavy (non-hydrogen) atoms. The smallest absolute Gasteiger partial charge is 0.161 e. The van der Waals surface area contributed by atoms with Gasteiger partial charge in [-0.05, 0) is 49.1 Å². The third-order valence-corrected chi connectivity index (χ3v) is 3.89. The van der Waals surface area contributed by atoms with Crippen molar-refractivity contribution in [3.8, 4) is 11.5 Å². The highest BCUT2D eigenvalue weighted by atomic mass is 16.5. The maximum absolute atomic E-state index is 6.16. The molecule has 1 N–H and O–H groups in total. The molecule has 0 saturated carbocycles. The summed E-state index contributed by atoms with van der Waals surface area (Å²) in [7, 11) is 1.68. The van der Waals surface area contributed by atoms with E-state index >= 15 is 0 Å². The minimum Gasteiger partial charge on any atom is -0.493 e. The van der Waals surface area contributed by atoms with E-state index in [1.54, 1.807) is 7.11 Å². The maximum atomic E-state index is 6.16. The largest absolute Gasteiger partial charge is 0.493 e. The van der Waals surface area contributed by atoms with Crippen molar-refractivity contribution in [2.75, 3.05) is 19.0 Å². The lowest BCUT2D eigenvalue weighted by atomic mass is 10.1. The monoisotopic (exact) mass is 283 g/mol. The number of rotatable bonds is 3. The van der Waals surface area contributed by atoms with Crippen LogP contribution < -0.4 is 14.8 Å². The van der Waals surface area contributed by atoms with Crippen molar-refractivity contribution < 1.29 is 9.47 Å². The first kappa shape index (κ1) is 13.8. The van der Waals surface area contributed by atoms with E-state index < -0.39 is 0 Å². The van der Waals surface area contributed by atoms with Gasteiger partial charge in [0.25, 0.3) is 0 Å². The average molecular weight is 283 g/mol. The molecule has 0 aromatic heterocycles. The molecule has 1 aliphatic rings. The van der Waals surface area contributed by atoms with Gasteiger partial charge < -0.3 is 14.8 Å². The lowest BCUT2D eigenvalue weighted by Crippen LogP contribution is -2.25. The number of fused-ring (bicyclic) bond motifs is 1. The zero-order chi connectivity index (χ0) is 14.7. The molecule has 0 saturated heterocycles. The zero-order valence-corrected chi connectivity index (χ0v) is 12.6. The van der Waals surface area contributed by atoms with Gasteiger partial charge in [0.2, 0.25) is 0 Å². The number of anilines is 1. The molecule has 3 nitrogen and oxygen atoms in total. The van der Waals surface area contributed by atoms with Crippen LogP contribution in [0, 0.1) is 6.92 Å². The van der Waals surface area contributed by atoms with Crippen molar-refractivity contribution in [2.45, 2.75) is 25.9 Å². The Morgan fingerprint density at radius 3 is 2.81 bits per heavy atom. The number of aryl methyl sites for hydroxylation is 2. The summed E-state index contributed by atoms with van der Waals surface area (Å²) in [5.74, 6) is 1.62. The standard InChI is InChI=1S/C18H21NO2/c1-13-7-10-17(18(11-13)20-2)21-15-9-8-14-5-3-4-6-16(14)19-12-15/h3-7,10-11,15,19H,8-9,12H2,1-2H3. The molecule has 1 heterocycles. The van der Waals surface area contributed by atoms with Gasteiger partial charge in [0.15, 0.2) is 11.5 Å². The van der Waals surface area contributed by atoms with Gasteiger partial charge in [-0.25, -0.2) is 0 Å². The second-order valence-corrected chi connectivity index (χ2v) is 5.47. The Balaban J connectivity index is 1.72. The van der Waals surface area contributed by atoms with E-state index in [9.17, 15) is 0 Å². The summed E-state index contributed by atoms with van der Waals surface area (Å²) in [5.41, 5.74) is 3.75. The molecule has 0 fully saturated rings. The number of para-hydroxylation sites is 1. The van der Waals surface area contributed by atoms with Gasteiger partial charge in [0.1, 0.15) is 6.10 Å². The average Bonchev–Trinajstić information content (AvgIpc) is 2.72. The van der Waals surface area contributed by atoms with E-state index in [4.69, 9.17) is 9.47 Å². The Morgan fingerprint density at radius 2 is 1.95 bits per heavy atom. The number of benzene rings is 2. The lowest BCUT2D eigenvalue weighted by Gasteiger charge is -2.19. The van der Waals surface area contributed by atoms with E-state index in [1.165, 1.54) is 16.8 Å². The lowest BCUT2D eigenvalue weighted by molar-refractivity contribution is 0.197. The Kier molecular flexibility index (Phi) is 4.00. The quantitative estimate of drug-likeness (QED) is 0.929. The van der Waals surface area contributed by atoms with Gasteiger partial charge in [0, 0.05) is 5.69 Å². The first-order chi connectivity index (χ1) is 10.3. The van der Waals surface area contributed by atoms with Crippen molar-refractivity contribution >= 4 is 5.69 Å². The van der Waals surface area contributed by atoms with Crippen LogP contribution in [0.15, 0.2) is 42.5 Å². The van der Waals surface area contributed by atoms with Crippen LogP contribution in [0.2, 0.25) is 0 Å². The Labute approximate surface area is 125 Å². The highest BCUT2D eigenvalue weighted by molar-refractivity contribution is 5.52. The van der Waals surface area contributed by atoms with Crippen LogP contribution in [0.1, 0.15) is 17.5 Å². The van der Waals surface area contributed by atoms with Gasteiger partial charge in [-0.2, -0.15) is 0 Å². The zero-order valence-electron chi connectivity index (χ0n) is 12.6. The third-order valence-electron chi connectivity index (χ3n) is 3.89. The molecule has 2 aromatic carbocycles. The van der Waals surface area contributed by atoms with E-state index in [0.29, 0.717) is 0 Å². The molecule has 0 spiro atoms. The van der Waals surface area contributed by atoms with Crippen LogP contribution in [0.4, 0.5) is 5.69 Å². The van der Waals surface area contributed by atoms with Crippen LogP contribution in [-0.2, 0) is 6.42 Å². The molecule has 3 rings (SSSR count). The fourth-order valence-electron chi connectivity index (χ4n) is 2.71. The number of methoxy groups -OCH3 is 1. The normalized spacial score (nSPS) is 17.3. The summed E-state index contributed by atoms with van der Waals surface area (Å²) in [5, 5.41) is 3.48. The third kappa shape index (κ3) is 3.13. The second-order valence-electron chi connectivity index (χ2n) is 5.47. The van der Waals surface area contributed by atoms with E-state index in [0.717, 1.165) is 30.9 Å². The molecule has 1 atom stereocenters. The molecule has 0 amide bonds. The van der Waals surface area contributed by atoms with Gasteiger partial charge in [0.05, 0.1) is 13.7 Å². The van der Waals surface area contributed by atoms with E-state index in [1.807, 2.05) is 12.1 Å². The Bertz CT molecular complexity index is 597. The van der Waals surface area contributed by atoms with Gasteiger partial charge in [-0.1, -0.05) is 24.3 Å². The number of ether oxygens (including phenoxy) is 2. The SMILES string of the molecule is COc1cc(C)ccc1OC1CCc2ccccc2NC1. The summed E-state index contributed by atoms with van der Waals surface area (Å²) in [6.45, 7) is 2.87. The summed E-state index contributed by atoms with van der Waals surface area (Å²) in [4.78, 5) is 0. The Hall–Kier alpha value is -2.16. The van der Waals surface area contributed by atoms with Crippen molar-refractivity contribution in [1.29, 1.82) is 0 Å². The predicted octanol–water partition coefficient (Wildman–Crippen LogP) is 3.81. The summed E-state index contributed by atoms with van der Waals surface area (Å²) >= 11 is 0. The Morgan fingerprint density at radius 1 is 1.10 bits per heavy atom. The van der Waals surface area contributed by atoms with E-state index in [-0.39, 0.29) is 6.10 Å². The van der Waals surface area contributed by atoms with E-state index in [2.05, 4.69) is 42.6 Å². The predicted molar refractivity (Wildman–Crippen MR) is 85.4 cm³/mol. The summed E-state index contributed by atoms with van der Waals surface area (Å²) in [6.07, 6.45) is 2.18. The number of hydrogen-bond donors (Lipinski definition) is 1. The van der Waals surface area contributed by atoms with Gasteiger partial charge in [-0.3, -0.25) is 0 Å². The second kappa shape index (κ2) is 6.08. The van der Waals surface area contributed by atoms with Crippen molar-refractivity contribution in [2.24, 2.45) is 0 Å². The number of hydrogen-bond acceptors (Lipinski definition) is 3. The highest BCUT2D eigenvalue weighted by Crippen LogP contribution is 2.30.